The first-order chi connectivity index (χ1) is 47.4. The maximum atomic E-state index is 14.4. The molecule has 21 atom stereocenters. The van der Waals surface area contributed by atoms with Crippen molar-refractivity contribution in [1.82, 2.24) is 19.4 Å². The lowest BCUT2D eigenvalue weighted by molar-refractivity contribution is -0.284. The standard InChI is InChI=1S/C43H63N3O9S.C35H54N2O8/c1-10-34-43(11-2)33(46(41(51)55-43)18-13-12-17-35-45-23-32(56-35)29-15-14-16-30(44)20-29)21-31(47)25(4)22-42(8,9)38(27(6)37(49)28(7)39(50)53-34)54-40-36(48)24(3)19-26(5)52-40;1-12-27-35(13-2,45-33(41)37-15-14-36-19-37)18-22(5)28(38)21(4)17-34(10,11)30(25(8)29(39)26(9)31(40)43-27)44-32-24(7)20(3)16-23(6)42-32/h14-16,20,23-28,33-34,36,38,40,48H,10-13,17-19,21-22,44H2,1-9H3;14-15,18-21,23-27,30,32H,12-13,16-17H2,1-11H3/b;22-18+/t24-,25+,26+,27-,28+,33+,34+,36+,38+,40?,43-;20-,21+,23+,24+,25-,26+,27+,30+,32?,35-/m00/s1. The summed E-state index contributed by atoms with van der Waals surface area (Å²) < 4.78 is 51.2. The van der Waals surface area contributed by atoms with E-state index < -0.39 is 131 Å². The number of carbonyl (C=O) groups excluding carboxylic acids is 8. The van der Waals surface area contributed by atoms with Crippen molar-refractivity contribution in [2.24, 2.45) is 64.1 Å². The van der Waals surface area contributed by atoms with Crippen molar-refractivity contribution in [1.29, 1.82) is 0 Å². The quantitative estimate of drug-likeness (QED) is 0.0470. The van der Waals surface area contributed by atoms with E-state index in [-0.39, 0.29) is 66.4 Å². The molecule has 3 aromatic rings. The summed E-state index contributed by atoms with van der Waals surface area (Å²) in [5, 5.41) is 12.1. The van der Waals surface area contributed by atoms with Gasteiger partial charge in [-0.25, -0.2) is 24.1 Å². The van der Waals surface area contributed by atoms with Gasteiger partial charge >= 0.3 is 24.1 Å². The third-order valence-electron chi connectivity index (χ3n) is 22.4. The zero-order chi connectivity index (χ0) is 75.0. The fourth-order valence-corrected chi connectivity index (χ4v) is 17.3. The number of nitrogen functional groups attached to an aromatic ring is 1. The van der Waals surface area contributed by atoms with Crippen molar-refractivity contribution in [2.75, 3.05) is 12.3 Å². The topological polar surface area (TPSA) is 291 Å². The lowest BCUT2D eigenvalue weighted by Crippen LogP contribution is -2.56. The average molecular weight is 1430 g/mol. The first-order valence-electron chi connectivity index (χ1n) is 37.0. The number of imidazole rings is 1. The van der Waals surface area contributed by atoms with Crippen molar-refractivity contribution in [3.8, 4) is 10.4 Å². The van der Waals surface area contributed by atoms with Gasteiger partial charge in [-0.05, 0) is 157 Å². The molecule has 5 aliphatic heterocycles. The second-order valence-electron chi connectivity index (χ2n) is 31.3. The van der Waals surface area contributed by atoms with Gasteiger partial charge in [0.1, 0.15) is 42.3 Å². The van der Waals surface area contributed by atoms with Crippen LogP contribution in [0.4, 0.5) is 15.3 Å². The number of aryl methyl sites for hydroxylation is 1. The number of allylic oxidation sites excluding steroid dienone is 1. The second-order valence-corrected chi connectivity index (χ2v) is 32.4. The highest BCUT2D eigenvalue weighted by Crippen LogP contribution is 2.46. The zero-order valence-electron chi connectivity index (χ0n) is 63.6. The molecular formula is C78H117N5O17S. The number of nitrogens with two attached hydrogens (primary N) is 1. The predicted octanol–water partition coefficient (Wildman–Crippen LogP) is 13.9. The Kier molecular flexibility index (Phi) is 28.1. The molecule has 562 valence electrons. The SMILES string of the molecule is CC[C@H]1OC(=O)[C@H](C)C(=O)[C@H](C)[C@@H](OC2O[C@H](C)C[C@H](C)[C@H]2C)C(C)(C)C[C@@H](C)C(=O)/C(C)=C/[C@]1(CC)OC(=O)n1ccnc1.CC[C@H]1OC(=O)[C@H](C)C(=O)[C@H](C)[C@@H](OC2O[C@H](C)C[C@H](C)[C@H]2O)C(C)(C)C[C@@H](C)C(=O)C[C@H]2N(CCCCc3ncc(-c4cccc(N)c4)s3)C(=O)O[C@]12CC. The number of hydrogen-bond donors (Lipinski definition) is 2. The number of carbonyl (C=O) groups is 8. The number of amides is 1. The van der Waals surface area contributed by atoms with Crippen LogP contribution in [0.25, 0.3) is 10.4 Å². The number of anilines is 1. The Hall–Kier alpha value is -6.24. The molecule has 4 fully saturated rings. The molecule has 23 heteroatoms. The van der Waals surface area contributed by atoms with E-state index in [2.05, 4.69) is 23.8 Å². The van der Waals surface area contributed by atoms with E-state index in [9.17, 15) is 43.5 Å². The van der Waals surface area contributed by atoms with Gasteiger partial charge in [-0.1, -0.05) is 116 Å². The fourth-order valence-electron chi connectivity index (χ4n) is 16.3. The van der Waals surface area contributed by atoms with Crippen LogP contribution in [0.15, 0.2) is 60.8 Å². The molecule has 0 saturated carbocycles. The highest BCUT2D eigenvalue weighted by atomic mass is 32.1. The van der Waals surface area contributed by atoms with Gasteiger partial charge < -0.3 is 53.6 Å². The Bertz CT molecular complexity index is 3390. The van der Waals surface area contributed by atoms with Gasteiger partial charge in [0.2, 0.25) is 0 Å². The number of esters is 2. The number of Topliss-reactive ketones (excluding diaryl/α,β-unsaturated/α-hetero) is 4. The first-order valence-corrected chi connectivity index (χ1v) is 37.8. The van der Waals surface area contributed by atoms with Crippen molar-refractivity contribution in [3.63, 3.8) is 0 Å². The van der Waals surface area contributed by atoms with Crippen LogP contribution in [0.2, 0.25) is 0 Å². The number of ether oxygens (including phenoxy) is 8. The molecule has 0 spiro atoms. The Morgan fingerprint density at radius 2 is 1.32 bits per heavy atom. The van der Waals surface area contributed by atoms with E-state index in [1.165, 1.54) is 30.2 Å². The van der Waals surface area contributed by atoms with Crippen molar-refractivity contribution < 1.29 is 81.4 Å². The monoisotopic (exact) mass is 1430 g/mol. The van der Waals surface area contributed by atoms with Crippen LogP contribution in [0.1, 0.15) is 214 Å². The number of nitrogens with zero attached hydrogens (tertiary/aromatic N) is 4. The van der Waals surface area contributed by atoms with Crippen LogP contribution in [0.3, 0.4) is 0 Å². The van der Waals surface area contributed by atoms with Gasteiger partial charge in [0.15, 0.2) is 41.1 Å². The van der Waals surface area contributed by atoms with Gasteiger partial charge in [0, 0.05) is 66.8 Å². The van der Waals surface area contributed by atoms with Crippen LogP contribution in [-0.2, 0) is 73.1 Å². The molecule has 0 radical (unpaired) electrons. The number of aliphatic hydroxyl groups is 1. The van der Waals surface area contributed by atoms with Crippen LogP contribution < -0.4 is 5.73 Å². The molecule has 0 aliphatic carbocycles. The summed E-state index contributed by atoms with van der Waals surface area (Å²) in [6, 6.07) is 7.01. The summed E-state index contributed by atoms with van der Waals surface area (Å²) in [4.78, 5) is 122. The summed E-state index contributed by atoms with van der Waals surface area (Å²) in [6.07, 6.45) is 6.10. The van der Waals surface area contributed by atoms with Crippen molar-refractivity contribution in [2.45, 2.75) is 288 Å². The fraction of sp³-hybridized carbons (Fsp3) is 0.718. The third-order valence-corrected chi connectivity index (χ3v) is 23.5. The van der Waals surface area contributed by atoms with Gasteiger partial charge in [0.25, 0.3) is 0 Å². The van der Waals surface area contributed by atoms with Crippen molar-refractivity contribution >= 4 is 64.3 Å². The number of fused-ring (bicyclic) bond motifs is 1. The largest absolute Gasteiger partial charge is 0.457 e. The predicted molar refractivity (Wildman–Crippen MR) is 384 cm³/mol. The van der Waals surface area contributed by atoms with E-state index in [0.29, 0.717) is 68.7 Å². The number of rotatable bonds is 15. The maximum Gasteiger partial charge on any atom is 0.420 e. The zero-order valence-corrected chi connectivity index (χ0v) is 64.4. The molecule has 2 aromatic heterocycles. The van der Waals surface area contributed by atoms with Crippen LogP contribution >= 0.6 is 11.3 Å². The molecule has 1 aromatic carbocycles. The van der Waals surface area contributed by atoms with Crippen LogP contribution in [0, 0.1) is 64.1 Å². The molecule has 101 heavy (non-hydrogen) atoms. The Morgan fingerprint density at radius 1 is 0.743 bits per heavy atom. The lowest BCUT2D eigenvalue weighted by atomic mass is 9.70. The maximum absolute atomic E-state index is 14.4. The third kappa shape index (κ3) is 19.0. The number of cyclic esters (lactones) is 2. The van der Waals surface area contributed by atoms with E-state index in [1.807, 2.05) is 107 Å². The van der Waals surface area contributed by atoms with E-state index in [0.717, 1.165) is 28.3 Å². The van der Waals surface area contributed by atoms with Gasteiger partial charge in [0.05, 0.1) is 40.3 Å². The molecule has 0 bridgehead atoms. The van der Waals surface area contributed by atoms with Crippen LogP contribution in [0.5, 0.6) is 0 Å². The summed E-state index contributed by atoms with van der Waals surface area (Å²) in [5.41, 5.74) is 3.90. The van der Waals surface area contributed by atoms with E-state index >= 15 is 0 Å². The number of thiazole rings is 1. The smallest absolute Gasteiger partial charge is 0.420 e. The average Bonchev–Trinajstić information content (AvgIpc) is 1.63. The highest BCUT2D eigenvalue weighted by molar-refractivity contribution is 7.15. The normalized spacial score (nSPS) is 36.0. The molecule has 2 unspecified atom stereocenters. The number of hydrogen-bond acceptors (Lipinski definition) is 21. The molecule has 7 heterocycles. The number of ketones is 4. The molecule has 8 rings (SSSR count). The molecular weight excluding hydrogens is 1310 g/mol. The molecule has 3 N–H and O–H groups in total. The minimum absolute atomic E-state index is 0.00343. The van der Waals surface area contributed by atoms with Gasteiger partial charge in [-0.2, -0.15) is 0 Å². The number of aliphatic hydroxyl groups excluding tert-OH is 1. The number of aromatic nitrogens is 3. The summed E-state index contributed by atoms with van der Waals surface area (Å²) in [7, 11) is 0. The van der Waals surface area contributed by atoms with Gasteiger partial charge in [-0.15, -0.1) is 11.3 Å². The van der Waals surface area contributed by atoms with Gasteiger partial charge in [-0.3, -0.25) is 28.8 Å². The Morgan fingerprint density at radius 3 is 1.88 bits per heavy atom. The van der Waals surface area contributed by atoms with Crippen molar-refractivity contribution in [3.05, 3.63) is 65.8 Å². The number of unbranched alkanes of at least 4 members (excludes halogenated alkanes) is 1. The van der Waals surface area contributed by atoms with E-state index in [1.54, 1.807) is 63.9 Å². The summed E-state index contributed by atoms with van der Waals surface area (Å²) in [6.45, 7) is 37.7. The second kappa shape index (κ2) is 34.6. The molecule has 5 aliphatic rings. The highest BCUT2D eigenvalue weighted by Gasteiger charge is 2.60. The summed E-state index contributed by atoms with van der Waals surface area (Å²) >= 11 is 1.61. The first kappa shape index (κ1) is 82.1. The molecule has 22 nitrogen and oxygen atoms in total. The minimum Gasteiger partial charge on any atom is -0.457 e. The molecule has 1 amide bonds. The Labute approximate surface area is 603 Å². The van der Waals surface area contributed by atoms with E-state index in [4.69, 9.17) is 43.6 Å². The molecule has 4 saturated heterocycles. The van der Waals surface area contributed by atoms with Crippen LogP contribution in [-0.4, -0.2) is 151 Å². The summed E-state index contributed by atoms with van der Waals surface area (Å²) in [5.74, 6) is -6.67. The minimum atomic E-state index is -1.47. The number of benzene rings is 1. The lowest BCUT2D eigenvalue weighted by Gasteiger charge is -2.45. The Balaban J connectivity index is 0.000000291.